The van der Waals surface area contributed by atoms with E-state index in [1.807, 2.05) is 31.2 Å². The van der Waals surface area contributed by atoms with Crippen molar-refractivity contribution < 1.29 is 13.5 Å². The van der Waals surface area contributed by atoms with Gasteiger partial charge in [0.25, 0.3) is 0 Å². The van der Waals surface area contributed by atoms with Crippen LogP contribution in [0.25, 0.3) is 0 Å². The monoisotopic (exact) mass is 376 g/mol. The normalized spacial score (nSPS) is 12.8. The fourth-order valence-corrected chi connectivity index (χ4v) is 3.17. The van der Waals surface area contributed by atoms with Gasteiger partial charge in [-0.05, 0) is 73.7 Å². The topological polar surface area (TPSA) is 9.23 Å². The Morgan fingerprint density at radius 3 is 2.46 bits per heavy atom. The van der Waals surface area contributed by atoms with Gasteiger partial charge in [0, 0.05) is 0 Å². The summed E-state index contributed by atoms with van der Waals surface area (Å²) in [4.78, 5) is 0. The number of ether oxygens (including phenoxy) is 1. The zero-order valence-electron chi connectivity index (χ0n) is 15.8. The minimum atomic E-state index is -0.550. The Bertz CT molecular complexity index is 975. The second-order valence-electron chi connectivity index (χ2n) is 7.02. The highest BCUT2D eigenvalue weighted by Crippen LogP contribution is 2.30. The van der Waals surface area contributed by atoms with Crippen LogP contribution in [-0.4, -0.2) is 0 Å². The first kappa shape index (κ1) is 19.6. The molecule has 0 bridgehead atoms. The Morgan fingerprint density at radius 1 is 0.964 bits per heavy atom. The molecule has 0 aromatic heterocycles. The second-order valence-corrected chi connectivity index (χ2v) is 7.02. The molecule has 0 aliphatic heterocycles. The Balaban J connectivity index is 1.67. The predicted molar refractivity (Wildman–Crippen MR) is 108 cm³/mol. The van der Waals surface area contributed by atoms with Crippen LogP contribution in [0.1, 0.15) is 30.9 Å². The number of halogens is 2. The first-order valence-electron chi connectivity index (χ1n) is 9.25. The zero-order chi connectivity index (χ0) is 20.0. The van der Waals surface area contributed by atoms with Crippen LogP contribution >= 0.6 is 0 Å². The van der Waals surface area contributed by atoms with Crippen molar-refractivity contribution in [3.05, 3.63) is 95.6 Å². The average Bonchev–Trinajstić information content (AvgIpc) is 2.71. The van der Waals surface area contributed by atoms with Crippen LogP contribution < -0.4 is 4.74 Å². The molecule has 3 aromatic carbocycles. The fourth-order valence-electron chi connectivity index (χ4n) is 3.17. The summed E-state index contributed by atoms with van der Waals surface area (Å²) in [6, 6.07) is 20.4. The molecule has 0 saturated heterocycles. The lowest BCUT2D eigenvalue weighted by Gasteiger charge is -2.24. The SMILES string of the molecule is C#CC(C)(CCCc1ccc(F)c(Oc2ccccc2)c1)c1cccc(F)c1. The Labute approximate surface area is 165 Å². The van der Waals surface area contributed by atoms with Crippen LogP contribution in [-0.2, 0) is 11.8 Å². The predicted octanol–water partition coefficient (Wildman–Crippen LogP) is 6.67. The molecule has 28 heavy (non-hydrogen) atoms. The summed E-state index contributed by atoms with van der Waals surface area (Å²) in [5.41, 5.74) is 1.21. The van der Waals surface area contributed by atoms with Gasteiger partial charge in [0.1, 0.15) is 11.6 Å². The summed E-state index contributed by atoms with van der Waals surface area (Å²) in [7, 11) is 0. The molecule has 142 valence electrons. The van der Waals surface area contributed by atoms with Crippen LogP contribution in [0, 0.1) is 24.0 Å². The van der Waals surface area contributed by atoms with Crippen LogP contribution in [0.5, 0.6) is 11.5 Å². The lowest BCUT2D eigenvalue weighted by atomic mass is 9.78. The van der Waals surface area contributed by atoms with Crippen molar-refractivity contribution in [1.29, 1.82) is 0 Å². The van der Waals surface area contributed by atoms with Gasteiger partial charge in [-0.2, -0.15) is 0 Å². The molecule has 1 atom stereocenters. The molecule has 3 rings (SSSR count). The zero-order valence-corrected chi connectivity index (χ0v) is 15.8. The van der Waals surface area contributed by atoms with Gasteiger partial charge in [-0.1, -0.05) is 42.3 Å². The number of para-hydroxylation sites is 1. The van der Waals surface area contributed by atoms with Gasteiger partial charge in [-0.15, -0.1) is 6.42 Å². The van der Waals surface area contributed by atoms with Crippen molar-refractivity contribution in [3.8, 4) is 23.8 Å². The molecule has 0 heterocycles. The van der Waals surface area contributed by atoms with Gasteiger partial charge >= 0.3 is 0 Å². The van der Waals surface area contributed by atoms with Gasteiger partial charge in [0.05, 0.1) is 5.41 Å². The van der Waals surface area contributed by atoms with Gasteiger partial charge in [-0.3, -0.25) is 0 Å². The molecular formula is C25H22F2O. The third kappa shape index (κ3) is 4.78. The van der Waals surface area contributed by atoms with E-state index in [0.29, 0.717) is 12.2 Å². The summed E-state index contributed by atoms with van der Waals surface area (Å²) in [5, 5.41) is 0. The smallest absolute Gasteiger partial charge is 0.165 e. The number of rotatable bonds is 7. The Hall–Kier alpha value is -3.12. The van der Waals surface area contributed by atoms with Crippen molar-refractivity contribution in [1.82, 2.24) is 0 Å². The second kappa shape index (κ2) is 8.71. The van der Waals surface area contributed by atoms with Gasteiger partial charge < -0.3 is 4.74 Å². The lowest BCUT2D eigenvalue weighted by Crippen LogP contribution is -2.20. The highest BCUT2D eigenvalue weighted by molar-refractivity contribution is 5.36. The maximum atomic E-state index is 14.1. The molecule has 0 amide bonds. The summed E-state index contributed by atoms with van der Waals surface area (Å²) < 4.78 is 33.3. The molecule has 1 unspecified atom stereocenters. The number of hydrogen-bond acceptors (Lipinski definition) is 1. The van der Waals surface area contributed by atoms with E-state index in [0.717, 1.165) is 24.0 Å². The van der Waals surface area contributed by atoms with E-state index in [-0.39, 0.29) is 11.6 Å². The molecule has 3 aromatic rings. The number of benzene rings is 3. The van der Waals surface area contributed by atoms with Crippen molar-refractivity contribution in [3.63, 3.8) is 0 Å². The standard InChI is InChI=1S/C25H22F2O/c1-3-25(2,20-10-7-11-21(26)18-20)16-8-9-19-14-15-23(27)24(17-19)28-22-12-5-4-6-13-22/h1,4-7,10-15,17-18H,8-9,16H2,2H3. The van der Waals surface area contributed by atoms with Crippen LogP contribution in [0.4, 0.5) is 8.78 Å². The molecule has 0 spiro atoms. The molecular weight excluding hydrogens is 354 g/mol. The summed E-state index contributed by atoms with van der Waals surface area (Å²) in [6.45, 7) is 1.94. The quantitative estimate of drug-likeness (QED) is 0.418. The molecule has 0 aliphatic carbocycles. The minimum Gasteiger partial charge on any atom is -0.454 e. The third-order valence-electron chi connectivity index (χ3n) is 4.89. The Morgan fingerprint density at radius 2 is 1.75 bits per heavy atom. The summed E-state index contributed by atoms with van der Waals surface area (Å²) in [5.74, 6) is 2.91. The molecule has 3 heteroatoms. The van der Waals surface area contributed by atoms with E-state index in [2.05, 4.69) is 5.92 Å². The number of hydrogen-bond donors (Lipinski definition) is 0. The highest BCUT2D eigenvalue weighted by Gasteiger charge is 2.24. The van der Waals surface area contributed by atoms with Crippen molar-refractivity contribution in [2.75, 3.05) is 0 Å². The molecule has 0 fully saturated rings. The number of aryl methyl sites for hydroxylation is 1. The van der Waals surface area contributed by atoms with E-state index < -0.39 is 11.2 Å². The minimum absolute atomic E-state index is 0.202. The van der Waals surface area contributed by atoms with Gasteiger partial charge in [0.2, 0.25) is 0 Å². The molecule has 1 nitrogen and oxygen atoms in total. The van der Waals surface area contributed by atoms with E-state index in [1.165, 1.54) is 18.2 Å². The molecule has 0 saturated carbocycles. The van der Waals surface area contributed by atoms with Crippen molar-refractivity contribution in [2.45, 2.75) is 31.6 Å². The summed E-state index contributed by atoms with van der Waals surface area (Å²) in [6.07, 6.45) is 7.96. The maximum Gasteiger partial charge on any atom is 0.165 e. The van der Waals surface area contributed by atoms with E-state index in [4.69, 9.17) is 11.2 Å². The molecule has 0 aliphatic rings. The van der Waals surface area contributed by atoms with E-state index >= 15 is 0 Å². The third-order valence-corrected chi connectivity index (χ3v) is 4.89. The Kier molecular flexibility index (Phi) is 6.11. The van der Waals surface area contributed by atoms with Crippen LogP contribution in [0.3, 0.4) is 0 Å². The molecule has 0 radical (unpaired) electrons. The van der Waals surface area contributed by atoms with E-state index in [9.17, 15) is 8.78 Å². The van der Waals surface area contributed by atoms with Crippen molar-refractivity contribution in [2.24, 2.45) is 0 Å². The molecule has 0 N–H and O–H groups in total. The van der Waals surface area contributed by atoms with Crippen LogP contribution in [0.2, 0.25) is 0 Å². The van der Waals surface area contributed by atoms with E-state index in [1.54, 1.807) is 30.3 Å². The fraction of sp³-hybridized carbons (Fsp3) is 0.200. The summed E-state index contributed by atoms with van der Waals surface area (Å²) >= 11 is 0. The maximum absolute atomic E-state index is 14.1. The first-order valence-corrected chi connectivity index (χ1v) is 9.25. The van der Waals surface area contributed by atoms with Gasteiger partial charge in [-0.25, -0.2) is 8.78 Å². The van der Waals surface area contributed by atoms with Crippen molar-refractivity contribution >= 4 is 0 Å². The average molecular weight is 376 g/mol. The first-order chi connectivity index (χ1) is 13.5. The lowest BCUT2D eigenvalue weighted by molar-refractivity contribution is 0.441. The highest BCUT2D eigenvalue weighted by atomic mass is 19.1. The van der Waals surface area contributed by atoms with Gasteiger partial charge in [0.15, 0.2) is 11.6 Å². The van der Waals surface area contributed by atoms with Crippen LogP contribution in [0.15, 0.2) is 72.8 Å². The number of terminal acetylenes is 1. The largest absolute Gasteiger partial charge is 0.454 e.